The molecule has 0 unspecified atom stereocenters. The normalized spacial score (nSPS) is 11.8. The third kappa shape index (κ3) is 4.98. The molecule has 9 nitrogen and oxygen atoms in total. The summed E-state index contributed by atoms with van der Waals surface area (Å²) in [5, 5.41) is 17.4. The topological polar surface area (TPSA) is 120 Å². The zero-order valence-corrected chi connectivity index (χ0v) is 15.1. The van der Waals surface area contributed by atoms with Gasteiger partial charge in [-0.3, -0.25) is 14.9 Å². The Bertz CT molecular complexity index is 958. The SMILES string of the molecule is C[C@@H](NC(=O)COCc1ccccc1)c1nc(-c2cccc([N+](=O)[O-])c2)no1. The fourth-order valence-electron chi connectivity index (χ4n) is 2.47. The van der Waals surface area contributed by atoms with Gasteiger partial charge in [-0.1, -0.05) is 47.6 Å². The van der Waals surface area contributed by atoms with E-state index in [1.54, 1.807) is 19.1 Å². The Hall–Kier alpha value is -3.59. The molecule has 0 bridgehead atoms. The molecule has 1 atom stereocenters. The molecule has 0 spiro atoms. The second-order valence-electron chi connectivity index (χ2n) is 6.03. The number of amides is 1. The summed E-state index contributed by atoms with van der Waals surface area (Å²) in [6.07, 6.45) is 0. The van der Waals surface area contributed by atoms with Crippen LogP contribution in [0.15, 0.2) is 59.1 Å². The van der Waals surface area contributed by atoms with Gasteiger partial charge in [-0.25, -0.2) is 0 Å². The van der Waals surface area contributed by atoms with Gasteiger partial charge in [-0.05, 0) is 12.5 Å². The van der Waals surface area contributed by atoms with E-state index in [-0.39, 0.29) is 29.9 Å². The third-order valence-corrected chi connectivity index (χ3v) is 3.85. The molecule has 0 saturated carbocycles. The molecular weight excluding hydrogens is 364 g/mol. The van der Waals surface area contributed by atoms with E-state index in [1.807, 2.05) is 30.3 Å². The molecule has 1 N–H and O–H groups in total. The predicted octanol–water partition coefficient (Wildman–Crippen LogP) is 3.04. The van der Waals surface area contributed by atoms with Gasteiger partial charge in [0.1, 0.15) is 12.6 Å². The van der Waals surface area contributed by atoms with Gasteiger partial charge in [0.2, 0.25) is 17.6 Å². The molecule has 3 aromatic rings. The Balaban J connectivity index is 1.55. The number of hydrogen-bond acceptors (Lipinski definition) is 7. The molecular formula is C19H18N4O5. The summed E-state index contributed by atoms with van der Waals surface area (Å²) in [7, 11) is 0. The van der Waals surface area contributed by atoms with Gasteiger partial charge in [0.15, 0.2) is 0 Å². The molecule has 0 aliphatic rings. The molecule has 9 heteroatoms. The summed E-state index contributed by atoms with van der Waals surface area (Å²) in [6, 6.07) is 14.9. The lowest BCUT2D eigenvalue weighted by atomic mass is 10.2. The minimum absolute atomic E-state index is 0.0687. The molecule has 144 valence electrons. The number of non-ortho nitro benzene ring substituents is 1. The number of hydrogen-bond donors (Lipinski definition) is 1. The van der Waals surface area contributed by atoms with Crippen molar-refractivity contribution in [2.75, 3.05) is 6.61 Å². The Morgan fingerprint density at radius 2 is 2.04 bits per heavy atom. The van der Waals surface area contributed by atoms with Gasteiger partial charge in [-0.15, -0.1) is 0 Å². The Morgan fingerprint density at radius 1 is 1.25 bits per heavy atom. The first kappa shape index (κ1) is 19.2. The standard InChI is InChI=1S/C19H18N4O5/c1-13(20-17(24)12-27-11-14-6-3-2-4-7-14)19-21-18(22-28-19)15-8-5-9-16(10-15)23(25)26/h2-10,13H,11-12H2,1H3,(H,20,24)/t13-/m1/s1. The van der Waals surface area contributed by atoms with Crippen LogP contribution < -0.4 is 5.32 Å². The molecule has 0 fully saturated rings. The Kier molecular flexibility index (Phi) is 6.07. The number of aromatic nitrogens is 2. The molecule has 0 aliphatic heterocycles. The van der Waals surface area contributed by atoms with E-state index < -0.39 is 11.0 Å². The van der Waals surface area contributed by atoms with Crippen LogP contribution in [-0.2, 0) is 16.1 Å². The minimum Gasteiger partial charge on any atom is -0.367 e. The fourth-order valence-corrected chi connectivity index (χ4v) is 2.47. The molecule has 0 radical (unpaired) electrons. The van der Waals surface area contributed by atoms with Crippen LogP contribution in [0.1, 0.15) is 24.4 Å². The first-order chi connectivity index (χ1) is 13.5. The maximum Gasteiger partial charge on any atom is 0.270 e. The quantitative estimate of drug-likeness (QED) is 0.469. The summed E-state index contributed by atoms with van der Waals surface area (Å²) in [4.78, 5) is 26.6. The molecule has 2 aromatic carbocycles. The van der Waals surface area contributed by atoms with Gasteiger partial charge >= 0.3 is 0 Å². The lowest BCUT2D eigenvalue weighted by Gasteiger charge is -2.10. The van der Waals surface area contributed by atoms with E-state index in [2.05, 4.69) is 15.5 Å². The van der Waals surface area contributed by atoms with E-state index in [1.165, 1.54) is 12.1 Å². The first-order valence-electron chi connectivity index (χ1n) is 8.52. The van der Waals surface area contributed by atoms with Crippen molar-refractivity contribution in [3.63, 3.8) is 0 Å². The Morgan fingerprint density at radius 3 is 2.79 bits per heavy atom. The lowest BCUT2D eigenvalue weighted by Crippen LogP contribution is -2.30. The second-order valence-corrected chi connectivity index (χ2v) is 6.03. The van der Waals surface area contributed by atoms with Crippen LogP contribution in [0.4, 0.5) is 5.69 Å². The molecule has 28 heavy (non-hydrogen) atoms. The first-order valence-corrected chi connectivity index (χ1v) is 8.52. The predicted molar refractivity (Wildman–Crippen MR) is 99.0 cm³/mol. The highest BCUT2D eigenvalue weighted by molar-refractivity contribution is 5.77. The number of carbonyl (C=O) groups excluding carboxylic acids is 1. The van der Waals surface area contributed by atoms with Crippen LogP contribution in [0.5, 0.6) is 0 Å². The average molecular weight is 382 g/mol. The Labute approximate surface area is 160 Å². The number of ether oxygens (including phenoxy) is 1. The molecule has 0 aliphatic carbocycles. The van der Waals surface area contributed by atoms with Crippen molar-refractivity contribution in [1.82, 2.24) is 15.5 Å². The van der Waals surface area contributed by atoms with Crippen LogP contribution >= 0.6 is 0 Å². The largest absolute Gasteiger partial charge is 0.367 e. The van der Waals surface area contributed by atoms with Crippen molar-refractivity contribution < 1.29 is 19.0 Å². The number of nitrogens with zero attached hydrogens (tertiary/aromatic N) is 3. The van der Waals surface area contributed by atoms with E-state index in [9.17, 15) is 14.9 Å². The highest BCUT2D eigenvalue weighted by Crippen LogP contribution is 2.22. The summed E-state index contributed by atoms with van der Waals surface area (Å²) >= 11 is 0. The van der Waals surface area contributed by atoms with Crippen molar-refractivity contribution in [3.8, 4) is 11.4 Å². The van der Waals surface area contributed by atoms with Gasteiger partial charge in [-0.2, -0.15) is 4.98 Å². The number of nitro groups is 1. The van der Waals surface area contributed by atoms with Crippen molar-refractivity contribution in [3.05, 3.63) is 76.2 Å². The minimum atomic E-state index is -0.534. The highest BCUT2D eigenvalue weighted by Gasteiger charge is 2.18. The van der Waals surface area contributed by atoms with Gasteiger partial charge in [0, 0.05) is 17.7 Å². The summed E-state index contributed by atoms with van der Waals surface area (Å²) in [5.41, 5.74) is 1.36. The van der Waals surface area contributed by atoms with Crippen LogP contribution in [0.25, 0.3) is 11.4 Å². The monoisotopic (exact) mass is 382 g/mol. The van der Waals surface area contributed by atoms with Crippen molar-refractivity contribution in [2.24, 2.45) is 0 Å². The van der Waals surface area contributed by atoms with Crippen LogP contribution in [0.2, 0.25) is 0 Å². The molecule has 3 rings (SSSR count). The maximum absolute atomic E-state index is 12.0. The number of rotatable bonds is 8. The van der Waals surface area contributed by atoms with Crippen LogP contribution in [0, 0.1) is 10.1 Å². The fraction of sp³-hybridized carbons (Fsp3) is 0.211. The second kappa shape index (κ2) is 8.87. The van der Waals surface area contributed by atoms with Crippen LogP contribution in [0.3, 0.4) is 0 Å². The zero-order chi connectivity index (χ0) is 19.9. The maximum atomic E-state index is 12.0. The van der Waals surface area contributed by atoms with Crippen molar-refractivity contribution in [2.45, 2.75) is 19.6 Å². The van der Waals surface area contributed by atoms with Crippen molar-refractivity contribution >= 4 is 11.6 Å². The van der Waals surface area contributed by atoms with E-state index in [4.69, 9.17) is 9.26 Å². The summed E-state index contributed by atoms with van der Waals surface area (Å²) < 4.78 is 10.6. The molecule has 1 heterocycles. The van der Waals surface area contributed by atoms with Gasteiger partial charge in [0.05, 0.1) is 11.5 Å². The van der Waals surface area contributed by atoms with Crippen molar-refractivity contribution in [1.29, 1.82) is 0 Å². The van der Waals surface area contributed by atoms with Gasteiger partial charge < -0.3 is 14.6 Å². The lowest BCUT2D eigenvalue weighted by molar-refractivity contribution is -0.384. The summed E-state index contributed by atoms with van der Waals surface area (Å²) in [6.45, 7) is 1.92. The van der Waals surface area contributed by atoms with Crippen LogP contribution in [-0.4, -0.2) is 27.6 Å². The smallest absolute Gasteiger partial charge is 0.270 e. The average Bonchev–Trinajstić information content (AvgIpc) is 3.19. The van der Waals surface area contributed by atoms with E-state index >= 15 is 0 Å². The number of carbonyl (C=O) groups is 1. The number of nitro benzene ring substituents is 1. The number of benzene rings is 2. The zero-order valence-electron chi connectivity index (χ0n) is 15.1. The summed E-state index contributed by atoms with van der Waals surface area (Å²) in [5.74, 6) is 0.0802. The van der Waals surface area contributed by atoms with Gasteiger partial charge in [0.25, 0.3) is 5.69 Å². The van der Waals surface area contributed by atoms with E-state index in [0.29, 0.717) is 12.2 Å². The van der Waals surface area contributed by atoms with E-state index in [0.717, 1.165) is 5.56 Å². The molecule has 0 saturated heterocycles. The number of nitrogens with one attached hydrogen (secondary N) is 1. The molecule has 1 aromatic heterocycles. The molecule has 1 amide bonds. The third-order valence-electron chi connectivity index (χ3n) is 3.85. The highest BCUT2D eigenvalue weighted by atomic mass is 16.6.